The summed E-state index contributed by atoms with van der Waals surface area (Å²) in [6.45, 7) is 1.95. The first-order valence-corrected chi connectivity index (χ1v) is 8.42. The summed E-state index contributed by atoms with van der Waals surface area (Å²) in [5.74, 6) is 0.877. The number of benzene rings is 1. The van der Waals surface area contributed by atoms with Crippen molar-refractivity contribution in [3.63, 3.8) is 0 Å². The van der Waals surface area contributed by atoms with Crippen LogP contribution in [0.15, 0.2) is 21.3 Å². The molecule has 4 heteroatoms. The van der Waals surface area contributed by atoms with Gasteiger partial charge in [-0.1, -0.05) is 0 Å². The van der Waals surface area contributed by atoms with Crippen LogP contribution < -0.4 is 10.4 Å². The minimum absolute atomic E-state index is 0.180. The van der Waals surface area contributed by atoms with Crippen molar-refractivity contribution in [3.05, 3.63) is 39.2 Å². The molecule has 2 aliphatic rings. The Balaban J connectivity index is 1.87. The number of carbonyl (C=O) groups excluding carboxylic acids is 1. The first kappa shape index (κ1) is 14.5. The molecule has 1 saturated carbocycles. The Morgan fingerprint density at radius 2 is 1.87 bits per heavy atom. The fourth-order valence-corrected chi connectivity index (χ4v) is 3.83. The van der Waals surface area contributed by atoms with Gasteiger partial charge in [0, 0.05) is 12.0 Å². The van der Waals surface area contributed by atoms with Crippen LogP contribution >= 0.6 is 0 Å². The van der Waals surface area contributed by atoms with E-state index < -0.39 is 0 Å². The third-order valence-electron chi connectivity index (χ3n) is 4.95. The van der Waals surface area contributed by atoms with Crippen molar-refractivity contribution < 1.29 is 13.9 Å². The van der Waals surface area contributed by atoms with Crippen LogP contribution in [-0.4, -0.2) is 11.9 Å². The number of ether oxygens (including phenoxy) is 1. The molecule has 1 unspecified atom stereocenters. The predicted molar refractivity (Wildman–Crippen MR) is 87.1 cm³/mol. The summed E-state index contributed by atoms with van der Waals surface area (Å²) < 4.78 is 11.6. The fraction of sp³-hybridized carbons (Fsp3) is 0.474. The molecule has 1 aromatic carbocycles. The SMILES string of the molecule is Cc1cc(OC2CCCCC2=O)c2c3c(c(=O)oc2c1)CCC3. The molecule has 120 valence electrons. The molecule has 1 aromatic heterocycles. The molecule has 0 saturated heterocycles. The van der Waals surface area contributed by atoms with E-state index in [9.17, 15) is 9.59 Å². The smallest absolute Gasteiger partial charge is 0.339 e. The Bertz CT molecular complexity index is 847. The van der Waals surface area contributed by atoms with E-state index in [4.69, 9.17) is 9.15 Å². The zero-order valence-corrected chi connectivity index (χ0v) is 13.3. The summed E-state index contributed by atoms with van der Waals surface area (Å²) in [5.41, 5.74) is 3.15. The lowest BCUT2D eigenvalue weighted by Crippen LogP contribution is -2.30. The van der Waals surface area contributed by atoms with E-state index in [2.05, 4.69) is 0 Å². The predicted octanol–water partition coefficient (Wildman–Crippen LogP) is 3.48. The standard InChI is InChI=1S/C19H20O4/c1-11-9-16(22-15-8-3-2-7-14(15)20)18-12-5-4-6-13(12)19(21)23-17(18)10-11/h9-10,15H,2-8H2,1H3. The van der Waals surface area contributed by atoms with Crippen LogP contribution in [0.5, 0.6) is 5.75 Å². The highest BCUT2D eigenvalue weighted by Gasteiger charge is 2.27. The van der Waals surface area contributed by atoms with Gasteiger partial charge in [-0.05, 0) is 68.7 Å². The third kappa shape index (κ3) is 2.46. The van der Waals surface area contributed by atoms with Crippen molar-refractivity contribution in [2.75, 3.05) is 0 Å². The first-order valence-electron chi connectivity index (χ1n) is 8.42. The summed E-state index contributed by atoms with van der Waals surface area (Å²) in [6.07, 6.45) is 5.59. The average molecular weight is 312 g/mol. The Hall–Kier alpha value is -2.10. The van der Waals surface area contributed by atoms with Crippen LogP contribution in [-0.2, 0) is 17.6 Å². The highest BCUT2D eigenvalue weighted by atomic mass is 16.5. The summed E-state index contributed by atoms with van der Waals surface area (Å²) >= 11 is 0. The molecule has 23 heavy (non-hydrogen) atoms. The minimum atomic E-state index is -0.363. The molecule has 0 radical (unpaired) electrons. The summed E-state index contributed by atoms with van der Waals surface area (Å²) in [5, 5.41) is 0.890. The average Bonchev–Trinajstić information content (AvgIpc) is 2.99. The van der Waals surface area contributed by atoms with Crippen molar-refractivity contribution in [2.45, 2.75) is 58.0 Å². The Labute approximate surface area is 134 Å². The van der Waals surface area contributed by atoms with Gasteiger partial charge in [0.1, 0.15) is 11.3 Å². The van der Waals surface area contributed by atoms with Crippen molar-refractivity contribution in [1.82, 2.24) is 0 Å². The van der Waals surface area contributed by atoms with Gasteiger partial charge < -0.3 is 9.15 Å². The number of Topliss-reactive ketones (excluding diaryl/α,β-unsaturated/α-hetero) is 1. The monoisotopic (exact) mass is 312 g/mol. The van der Waals surface area contributed by atoms with E-state index in [1.807, 2.05) is 19.1 Å². The maximum atomic E-state index is 12.1. The zero-order valence-electron chi connectivity index (χ0n) is 13.3. The molecule has 1 atom stereocenters. The largest absolute Gasteiger partial charge is 0.482 e. The molecule has 0 spiro atoms. The quantitative estimate of drug-likeness (QED) is 0.797. The molecule has 1 fully saturated rings. The van der Waals surface area contributed by atoms with Crippen LogP contribution in [0, 0.1) is 6.92 Å². The molecule has 2 aliphatic carbocycles. The topological polar surface area (TPSA) is 56.5 Å². The van der Waals surface area contributed by atoms with Crippen LogP contribution in [0.1, 0.15) is 48.8 Å². The van der Waals surface area contributed by atoms with Gasteiger partial charge >= 0.3 is 5.63 Å². The lowest BCUT2D eigenvalue weighted by atomic mass is 9.96. The molecular weight excluding hydrogens is 292 g/mol. The van der Waals surface area contributed by atoms with Crippen molar-refractivity contribution >= 4 is 16.8 Å². The van der Waals surface area contributed by atoms with E-state index in [1.165, 1.54) is 0 Å². The third-order valence-corrected chi connectivity index (χ3v) is 4.95. The second-order valence-electron chi connectivity index (χ2n) is 6.65. The lowest BCUT2D eigenvalue weighted by molar-refractivity contribution is -0.127. The Morgan fingerprint density at radius 3 is 2.70 bits per heavy atom. The van der Waals surface area contributed by atoms with E-state index in [-0.39, 0.29) is 17.5 Å². The van der Waals surface area contributed by atoms with Gasteiger partial charge in [-0.25, -0.2) is 4.79 Å². The number of aryl methyl sites for hydroxylation is 2. The zero-order chi connectivity index (χ0) is 16.0. The van der Waals surface area contributed by atoms with E-state index in [1.54, 1.807) is 0 Å². The molecule has 0 bridgehead atoms. The number of rotatable bonds is 2. The van der Waals surface area contributed by atoms with Crippen LogP contribution in [0.3, 0.4) is 0 Å². The fourth-order valence-electron chi connectivity index (χ4n) is 3.83. The highest BCUT2D eigenvalue weighted by Crippen LogP contribution is 2.36. The van der Waals surface area contributed by atoms with Gasteiger partial charge in [-0.2, -0.15) is 0 Å². The van der Waals surface area contributed by atoms with Gasteiger partial charge in [-0.3, -0.25) is 4.79 Å². The van der Waals surface area contributed by atoms with Gasteiger partial charge in [0.25, 0.3) is 0 Å². The number of hydrogen-bond acceptors (Lipinski definition) is 4. The molecule has 2 aromatic rings. The summed E-state index contributed by atoms with van der Waals surface area (Å²) in [6, 6.07) is 3.84. The maximum Gasteiger partial charge on any atom is 0.339 e. The molecule has 4 rings (SSSR count). The van der Waals surface area contributed by atoms with Crippen LogP contribution in [0.4, 0.5) is 0 Å². The molecule has 0 amide bonds. The van der Waals surface area contributed by atoms with Crippen LogP contribution in [0.2, 0.25) is 0 Å². The number of carbonyl (C=O) groups is 1. The highest BCUT2D eigenvalue weighted by molar-refractivity contribution is 5.90. The second kappa shape index (κ2) is 5.52. The molecule has 4 nitrogen and oxygen atoms in total. The lowest BCUT2D eigenvalue weighted by Gasteiger charge is -2.23. The van der Waals surface area contributed by atoms with Gasteiger partial charge in [0.2, 0.25) is 0 Å². The van der Waals surface area contributed by atoms with Crippen molar-refractivity contribution in [2.24, 2.45) is 0 Å². The molecule has 0 N–H and O–H groups in total. The normalized spacial score (nSPS) is 20.7. The van der Waals surface area contributed by atoms with E-state index in [0.29, 0.717) is 17.8 Å². The Kier molecular flexibility index (Phi) is 3.47. The van der Waals surface area contributed by atoms with Crippen molar-refractivity contribution in [3.8, 4) is 5.75 Å². The van der Waals surface area contributed by atoms with Crippen molar-refractivity contribution in [1.29, 1.82) is 0 Å². The maximum absolute atomic E-state index is 12.1. The van der Waals surface area contributed by atoms with E-state index in [0.717, 1.165) is 60.6 Å². The number of ketones is 1. The van der Waals surface area contributed by atoms with Gasteiger partial charge in [0.15, 0.2) is 11.9 Å². The van der Waals surface area contributed by atoms with Crippen LogP contribution in [0.25, 0.3) is 11.0 Å². The molecule has 1 heterocycles. The number of hydrogen-bond donors (Lipinski definition) is 0. The Morgan fingerprint density at radius 1 is 1.04 bits per heavy atom. The van der Waals surface area contributed by atoms with Gasteiger partial charge in [-0.15, -0.1) is 0 Å². The van der Waals surface area contributed by atoms with Gasteiger partial charge in [0.05, 0.1) is 5.39 Å². The first-order chi connectivity index (χ1) is 11.1. The molecular formula is C19H20O4. The minimum Gasteiger partial charge on any atom is -0.482 e. The number of fused-ring (bicyclic) bond motifs is 3. The molecule has 0 aliphatic heterocycles. The van der Waals surface area contributed by atoms with E-state index >= 15 is 0 Å². The summed E-state index contributed by atoms with van der Waals surface area (Å²) in [7, 11) is 0. The summed E-state index contributed by atoms with van der Waals surface area (Å²) in [4.78, 5) is 24.2. The second-order valence-corrected chi connectivity index (χ2v) is 6.65.